The lowest BCUT2D eigenvalue weighted by Crippen LogP contribution is -2.50. The largest absolute Gasteiger partial charge is 0.444 e. The monoisotopic (exact) mass is 436 g/mol. The molecule has 1 atom stereocenters. The number of carbonyl (C=O) groups is 1. The molecule has 0 saturated carbocycles. The fraction of sp³-hybridized carbons (Fsp3) is 0.538. The van der Waals surface area contributed by atoms with E-state index in [-0.39, 0.29) is 6.09 Å². The molecule has 1 amide bonds. The highest BCUT2D eigenvalue weighted by Gasteiger charge is 2.27. The number of aromatic nitrogens is 1. The van der Waals surface area contributed by atoms with Gasteiger partial charge in [0.25, 0.3) is 0 Å². The molecule has 32 heavy (non-hydrogen) atoms. The first-order valence-electron chi connectivity index (χ1n) is 11.9. The molecule has 2 aliphatic heterocycles. The van der Waals surface area contributed by atoms with Crippen LogP contribution in [-0.2, 0) is 11.3 Å². The second kappa shape index (κ2) is 9.90. The number of hydrogen-bond acceptors (Lipinski definition) is 5. The van der Waals surface area contributed by atoms with Gasteiger partial charge in [0, 0.05) is 45.0 Å². The maximum absolute atomic E-state index is 12.3. The van der Waals surface area contributed by atoms with Crippen LogP contribution in [0.4, 0.5) is 10.6 Å². The number of pyridine rings is 1. The first-order valence-corrected chi connectivity index (χ1v) is 11.9. The summed E-state index contributed by atoms with van der Waals surface area (Å²) in [5.74, 6) is 0.989. The summed E-state index contributed by atoms with van der Waals surface area (Å²) in [4.78, 5) is 23.8. The van der Waals surface area contributed by atoms with Gasteiger partial charge in [0.05, 0.1) is 0 Å². The summed E-state index contributed by atoms with van der Waals surface area (Å²) in [5, 5.41) is 0. The van der Waals surface area contributed by atoms with Crippen molar-refractivity contribution in [2.75, 3.05) is 37.6 Å². The van der Waals surface area contributed by atoms with Crippen molar-refractivity contribution in [2.24, 2.45) is 0 Å². The zero-order valence-electron chi connectivity index (χ0n) is 19.7. The lowest BCUT2D eigenvalue weighted by molar-refractivity contribution is 0.0240. The van der Waals surface area contributed by atoms with Gasteiger partial charge in [-0.3, -0.25) is 4.90 Å². The lowest BCUT2D eigenvalue weighted by Gasteiger charge is -2.37. The van der Waals surface area contributed by atoms with Crippen molar-refractivity contribution >= 4 is 11.9 Å². The van der Waals surface area contributed by atoms with Crippen molar-refractivity contribution in [1.82, 2.24) is 14.8 Å². The number of benzene rings is 1. The van der Waals surface area contributed by atoms with Gasteiger partial charge in [-0.25, -0.2) is 9.78 Å². The van der Waals surface area contributed by atoms with E-state index in [1.807, 2.05) is 20.8 Å². The van der Waals surface area contributed by atoms with Crippen LogP contribution in [-0.4, -0.2) is 59.2 Å². The second-order valence-corrected chi connectivity index (χ2v) is 9.87. The van der Waals surface area contributed by atoms with E-state index in [4.69, 9.17) is 9.72 Å². The molecule has 6 nitrogen and oxygen atoms in total. The van der Waals surface area contributed by atoms with Crippen LogP contribution in [0.3, 0.4) is 0 Å². The maximum Gasteiger partial charge on any atom is 0.410 e. The highest BCUT2D eigenvalue weighted by atomic mass is 16.6. The molecule has 3 heterocycles. The Hall–Kier alpha value is -2.60. The molecule has 2 aliphatic rings. The molecule has 4 rings (SSSR count). The molecular weight excluding hydrogens is 400 g/mol. The normalized spacial score (nSPS) is 20.3. The summed E-state index contributed by atoms with van der Waals surface area (Å²) >= 11 is 0. The van der Waals surface area contributed by atoms with Gasteiger partial charge in [0.2, 0.25) is 0 Å². The Morgan fingerprint density at radius 2 is 1.75 bits per heavy atom. The number of nitrogens with zero attached hydrogens (tertiary/aromatic N) is 4. The highest BCUT2D eigenvalue weighted by molar-refractivity contribution is 5.68. The molecule has 0 radical (unpaired) electrons. The summed E-state index contributed by atoms with van der Waals surface area (Å²) < 4.78 is 5.50. The molecule has 6 heteroatoms. The Labute approximate surface area is 192 Å². The number of ether oxygens (including phenoxy) is 1. The molecule has 0 N–H and O–H groups in total. The van der Waals surface area contributed by atoms with Crippen LogP contribution in [0.1, 0.15) is 57.2 Å². The molecule has 0 spiro atoms. The lowest BCUT2D eigenvalue weighted by atomic mass is 9.95. The molecule has 1 aromatic heterocycles. The van der Waals surface area contributed by atoms with E-state index in [1.54, 1.807) is 4.90 Å². The number of amides is 1. The van der Waals surface area contributed by atoms with Crippen molar-refractivity contribution < 1.29 is 9.53 Å². The van der Waals surface area contributed by atoms with Gasteiger partial charge >= 0.3 is 6.09 Å². The number of anilines is 1. The smallest absolute Gasteiger partial charge is 0.410 e. The first-order chi connectivity index (χ1) is 15.4. The number of carbonyl (C=O) groups excluding carboxylic acids is 1. The van der Waals surface area contributed by atoms with Crippen LogP contribution in [0.25, 0.3) is 0 Å². The third-order valence-corrected chi connectivity index (χ3v) is 6.25. The summed E-state index contributed by atoms with van der Waals surface area (Å²) in [5.41, 5.74) is 2.21. The summed E-state index contributed by atoms with van der Waals surface area (Å²) in [6, 6.07) is 15.6. The minimum absolute atomic E-state index is 0.226. The minimum atomic E-state index is -0.459. The Bertz CT molecular complexity index is 871. The maximum atomic E-state index is 12.3. The number of piperazine rings is 1. The standard InChI is InChI=1S/C26H36N4O2/c1-26(2,3)32-25(31)29-17-15-28(16-18-29)24-13-12-22(19-27-24)23-11-7-8-14-30(23)20-21-9-5-4-6-10-21/h4-6,9-10,12-13,19,23H,7-8,11,14-18,20H2,1-3H3. The first kappa shape index (κ1) is 22.6. The topological polar surface area (TPSA) is 48.9 Å². The van der Waals surface area contributed by atoms with Crippen molar-refractivity contribution in [3.63, 3.8) is 0 Å². The highest BCUT2D eigenvalue weighted by Crippen LogP contribution is 2.32. The third kappa shape index (κ3) is 5.80. The van der Waals surface area contributed by atoms with Crippen LogP contribution in [0.2, 0.25) is 0 Å². The van der Waals surface area contributed by atoms with E-state index in [0.717, 1.165) is 32.0 Å². The molecule has 2 aromatic rings. The van der Waals surface area contributed by atoms with Crippen LogP contribution < -0.4 is 4.90 Å². The van der Waals surface area contributed by atoms with Crippen molar-refractivity contribution in [3.05, 3.63) is 59.8 Å². The molecule has 0 bridgehead atoms. The third-order valence-electron chi connectivity index (χ3n) is 6.25. The Kier molecular flexibility index (Phi) is 6.99. The number of hydrogen-bond donors (Lipinski definition) is 0. The van der Waals surface area contributed by atoms with Gasteiger partial charge < -0.3 is 14.5 Å². The Morgan fingerprint density at radius 3 is 2.41 bits per heavy atom. The van der Waals surface area contributed by atoms with Crippen LogP contribution >= 0.6 is 0 Å². The molecule has 2 fully saturated rings. The molecule has 0 aliphatic carbocycles. The van der Waals surface area contributed by atoms with Gasteiger partial charge in [-0.15, -0.1) is 0 Å². The van der Waals surface area contributed by atoms with Crippen molar-refractivity contribution in [2.45, 2.75) is 58.2 Å². The number of piperidine rings is 1. The molecule has 172 valence electrons. The fourth-order valence-corrected chi connectivity index (χ4v) is 4.60. The van der Waals surface area contributed by atoms with Gasteiger partial charge in [-0.1, -0.05) is 42.8 Å². The minimum Gasteiger partial charge on any atom is -0.444 e. The van der Waals surface area contributed by atoms with E-state index >= 15 is 0 Å². The van der Waals surface area contributed by atoms with E-state index in [1.165, 1.54) is 30.4 Å². The van der Waals surface area contributed by atoms with Crippen molar-refractivity contribution in [1.29, 1.82) is 0 Å². The van der Waals surface area contributed by atoms with Gasteiger partial charge in [0.1, 0.15) is 11.4 Å². The average molecular weight is 437 g/mol. The van der Waals surface area contributed by atoms with Gasteiger partial charge in [-0.2, -0.15) is 0 Å². The van der Waals surface area contributed by atoms with Crippen LogP contribution in [0.15, 0.2) is 48.7 Å². The Morgan fingerprint density at radius 1 is 1.00 bits per heavy atom. The van der Waals surface area contributed by atoms with Gasteiger partial charge in [0.15, 0.2) is 0 Å². The van der Waals surface area contributed by atoms with E-state index in [2.05, 4.69) is 58.5 Å². The second-order valence-electron chi connectivity index (χ2n) is 9.87. The summed E-state index contributed by atoms with van der Waals surface area (Å²) in [7, 11) is 0. The molecule has 1 aromatic carbocycles. The summed E-state index contributed by atoms with van der Waals surface area (Å²) in [6.45, 7) is 10.7. The number of rotatable bonds is 4. The number of likely N-dealkylation sites (tertiary alicyclic amines) is 1. The van der Waals surface area contributed by atoms with Crippen LogP contribution in [0.5, 0.6) is 0 Å². The quantitative estimate of drug-likeness (QED) is 0.685. The Balaban J connectivity index is 1.36. The zero-order chi connectivity index (χ0) is 22.6. The SMILES string of the molecule is CC(C)(C)OC(=O)N1CCN(c2ccc(C3CCCCN3Cc3ccccc3)cn2)CC1. The van der Waals surface area contributed by atoms with E-state index in [9.17, 15) is 4.79 Å². The predicted octanol–water partition coefficient (Wildman–Crippen LogP) is 4.87. The van der Waals surface area contributed by atoms with Crippen LogP contribution in [0, 0.1) is 0 Å². The predicted molar refractivity (Wildman–Crippen MR) is 128 cm³/mol. The average Bonchev–Trinajstić information content (AvgIpc) is 2.79. The van der Waals surface area contributed by atoms with E-state index in [0.29, 0.717) is 19.1 Å². The fourth-order valence-electron chi connectivity index (χ4n) is 4.60. The molecule has 1 unspecified atom stereocenters. The van der Waals surface area contributed by atoms with E-state index < -0.39 is 5.60 Å². The summed E-state index contributed by atoms with van der Waals surface area (Å²) in [6.07, 6.45) is 5.55. The zero-order valence-corrected chi connectivity index (χ0v) is 19.7. The van der Waals surface area contributed by atoms with Gasteiger partial charge in [-0.05, 0) is 57.4 Å². The van der Waals surface area contributed by atoms with Crippen molar-refractivity contribution in [3.8, 4) is 0 Å². The molecular formula is C26H36N4O2. The molecule has 2 saturated heterocycles.